The molecule has 0 atom stereocenters. The lowest BCUT2D eigenvalue weighted by Gasteiger charge is -2.12. The Hall–Kier alpha value is -3.71. The van der Waals surface area contributed by atoms with Crippen LogP contribution in [-0.4, -0.2) is 40.6 Å². The van der Waals surface area contributed by atoms with Crippen LogP contribution in [0.3, 0.4) is 0 Å². The van der Waals surface area contributed by atoms with E-state index in [0.29, 0.717) is 13.1 Å². The zero-order valence-corrected chi connectivity index (χ0v) is 15.8. The van der Waals surface area contributed by atoms with Crippen molar-refractivity contribution in [2.24, 2.45) is 0 Å². The van der Waals surface area contributed by atoms with Crippen molar-refractivity contribution in [1.82, 2.24) is 28.9 Å². The summed E-state index contributed by atoms with van der Waals surface area (Å²) in [5.41, 5.74) is 5.10. The van der Waals surface area contributed by atoms with E-state index in [0.717, 1.165) is 33.7 Å². The summed E-state index contributed by atoms with van der Waals surface area (Å²) in [5.74, 6) is 0.877. The second kappa shape index (κ2) is 7.37. The van der Waals surface area contributed by atoms with E-state index in [9.17, 15) is 5.11 Å². The maximum absolute atomic E-state index is 9.22. The Kier molecular flexibility index (Phi) is 4.42. The van der Waals surface area contributed by atoms with Crippen molar-refractivity contribution in [3.63, 3.8) is 0 Å². The lowest BCUT2D eigenvalue weighted by molar-refractivity contribution is 0.278. The van der Waals surface area contributed by atoms with E-state index in [1.807, 2.05) is 58.2 Å². The third-order valence-electron chi connectivity index (χ3n) is 5.01. The van der Waals surface area contributed by atoms with Gasteiger partial charge >= 0.3 is 0 Å². The van der Waals surface area contributed by atoms with E-state index < -0.39 is 0 Å². The van der Waals surface area contributed by atoms with Gasteiger partial charge in [0.1, 0.15) is 5.82 Å². The summed E-state index contributed by atoms with van der Waals surface area (Å²) in [5, 5.41) is 13.5. The van der Waals surface area contributed by atoms with Crippen LogP contribution in [-0.2, 0) is 13.1 Å². The average Bonchev–Trinajstić information content (AvgIpc) is 3.50. The quantitative estimate of drug-likeness (QED) is 0.488. The second-order valence-corrected chi connectivity index (χ2v) is 6.82. The molecule has 3 heterocycles. The fourth-order valence-electron chi connectivity index (χ4n) is 3.64. The Morgan fingerprint density at radius 3 is 2.72 bits per heavy atom. The predicted molar refractivity (Wildman–Crippen MR) is 111 cm³/mol. The van der Waals surface area contributed by atoms with Crippen LogP contribution in [0, 0.1) is 0 Å². The van der Waals surface area contributed by atoms with Crippen LogP contribution < -0.4 is 0 Å². The fourth-order valence-corrected chi connectivity index (χ4v) is 3.64. The Balaban J connectivity index is 1.56. The van der Waals surface area contributed by atoms with Gasteiger partial charge in [-0.05, 0) is 29.8 Å². The molecule has 5 rings (SSSR count). The third kappa shape index (κ3) is 3.21. The normalized spacial score (nSPS) is 11.3. The molecule has 0 unspecified atom stereocenters. The van der Waals surface area contributed by atoms with Crippen LogP contribution in [0.25, 0.3) is 28.1 Å². The van der Waals surface area contributed by atoms with E-state index >= 15 is 0 Å². The van der Waals surface area contributed by atoms with Crippen LogP contribution in [0.15, 0.2) is 79.6 Å². The first kappa shape index (κ1) is 17.4. The number of hydrogen-bond donors (Lipinski definition) is 1. The van der Waals surface area contributed by atoms with Gasteiger partial charge in [-0.3, -0.25) is 9.25 Å². The predicted octanol–water partition coefficient (Wildman–Crippen LogP) is 3.13. The number of rotatable bonds is 6. The van der Waals surface area contributed by atoms with Crippen LogP contribution in [0.5, 0.6) is 0 Å². The number of hydrogen-bond acceptors (Lipinski definition) is 4. The number of aromatic nitrogens is 6. The fraction of sp³-hybridized carbons (Fsp3) is 0.136. The highest BCUT2D eigenvalue weighted by molar-refractivity contribution is 5.78. The smallest absolute Gasteiger partial charge is 0.144 e. The molecule has 3 aromatic heterocycles. The molecule has 0 fully saturated rings. The molecule has 0 aliphatic carbocycles. The summed E-state index contributed by atoms with van der Waals surface area (Å²) in [6, 6.07) is 16.3. The zero-order valence-electron chi connectivity index (χ0n) is 15.8. The molecule has 144 valence electrons. The number of aliphatic hydroxyl groups excluding tert-OH is 1. The van der Waals surface area contributed by atoms with Gasteiger partial charge in [-0.2, -0.15) is 5.10 Å². The topological polar surface area (TPSA) is 73.7 Å². The standard InChI is InChI=1S/C22H20N6O/c29-13-12-26-16-24-20-14-18(6-7-21(20)26)28-11-9-23-22(28)19-5-2-1-4-17(19)15-27-10-3-8-25-27/h1-11,14,16,29H,12-13,15H2. The summed E-state index contributed by atoms with van der Waals surface area (Å²) in [6.45, 7) is 1.31. The van der Waals surface area contributed by atoms with Crippen molar-refractivity contribution in [2.75, 3.05) is 6.61 Å². The van der Waals surface area contributed by atoms with E-state index in [4.69, 9.17) is 0 Å². The van der Waals surface area contributed by atoms with Crippen LogP contribution in [0.1, 0.15) is 5.56 Å². The zero-order chi connectivity index (χ0) is 19.6. The van der Waals surface area contributed by atoms with Crippen molar-refractivity contribution >= 4 is 11.0 Å². The highest BCUT2D eigenvalue weighted by atomic mass is 16.3. The number of benzene rings is 2. The van der Waals surface area contributed by atoms with Crippen molar-refractivity contribution < 1.29 is 5.11 Å². The first-order valence-corrected chi connectivity index (χ1v) is 9.48. The Bertz CT molecular complexity index is 1250. The molecule has 7 nitrogen and oxygen atoms in total. The first-order chi connectivity index (χ1) is 14.3. The summed E-state index contributed by atoms with van der Waals surface area (Å²) < 4.78 is 5.94. The van der Waals surface area contributed by atoms with Gasteiger partial charge in [0.2, 0.25) is 0 Å². The Labute approximate surface area is 167 Å². The molecule has 0 radical (unpaired) electrons. The molecule has 0 bridgehead atoms. The highest BCUT2D eigenvalue weighted by Crippen LogP contribution is 2.27. The van der Waals surface area contributed by atoms with Gasteiger partial charge in [-0.15, -0.1) is 0 Å². The number of fused-ring (bicyclic) bond motifs is 1. The lowest BCUT2D eigenvalue weighted by atomic mass is 10.1. The van der Waals surface area contributed by atoms with E-state index in [-0.39, 0.29) is 6.61 Å². The number of aliphatic hydroxyl groups is 1. The van der Waals surface area contributed by atoms with E-state index in [2.05, 4.69) is 37.8 Å². The monoisotopic (exact) mass is 384 g/mol. The van der Waals surface area contributed by atoms with Crippen LogP contribution in [0.4, 0.5) is 0 Å². The molecule has 29 heavy (non-hydrogen) atoms. The van der Waals surface area contributed by atoms with E-state index in [1.54, 1.807) is 12.5 Å². The maximum atomic E-state index is 9.22. The molecule has 5 aromatic rings. The van der Waals surface area contributed by atoms with Crippen molar-refractivity contribution in [3.05, 3.63) is 85.2 Å². The average molecular weight is 384 g/mol. The van der Waals surface area contributed by atoms with Gasteiger partial charge in [0, 0.05) is 42.6 Å². The third-order valence-corrected chi connectivity index (χ3v) is 5.01. The number of imidazole rings is 2. The lowest BCUT2D eigenvalue weighted by Crippen LogP contribution is -2.04. The van der Waals surface area contributed by atoms with Crippen molar-refractivity contribution in [1.29, 1.82) is 0 Å². The molecule has 0 spiro atoms. The molecule has 0 saturated carbocycles. The SMILES string of the molecule is OCCn1cnc2cc(-n3ccnc3-c3ccccc3Cn3cccn3)ccc21. The van der Waals surface area contributed by atoms with Gasteiger partial charge in [-0.25, -0.2) is 9.97 Å². The molecule has 0 aliphatic heterocycles. The molecule has 0 saturated heterocycles. The van der Waals surface area contributed by atoms with Gasteiger partial charge in [0.25, 0.3) is 0 Å². The minimum Gasteiger partial charge on any atom is -0.395 e. The minimum atomic E-state index is 0.0892. The van der Waals surface area contributed by atoms with Crippen molar-refractivity contribution in [3.8, 4) is 17.1 Å². The molecule has 1 N–H and O–H groups in total. The van der Waals surface area contributed by atoms with Crippen molar-refractivity contribution in [2.45, 2.75) is 13.1 Å². The van der Waals surface area contributed by atoms with Gasteiger partial charge < -0.3 is 9.67 Å². The summed E-state index contributed by atoms with van der Waals surface area (Å²) in [4.78, 5) is 9.13. The molecule has 0 aliphatic rings. The molecular weight excluding hydrogens is 364 g/mol. The summed E-state index contributed by atoms with van der Waals surface area (Å²) in [6.07, 6.45) is 9.29. The van der Waals surface area contributed by atoms with Crippen LogP contribution in [0.2, 0.25) is 0 Å². The molecule has 0 amide bonds. The van der Waals surface area contributed by atoms with Gasteiger partial charge in [-0.1, -0.05) is 24.3 Å². The molecular formula is C22H20N6O. The van der Waals surface area contributed by atoms with Crippen LogP contribution >= 0.6 is 0 Å². The summed E-state index contributed by atoms with van der Waals surface area (Å²) >= 11 is 0. The maximum Gasteiger partial charge on any atom is 0.144 e. The van der Waals surface area contributed by atoms with Gasteiger partial charge in [0.05, 0.1) is 30.5 Å². The Morgan fingerprint density at radius 1 is 0.931 bits per heavy atom. The summed E-state index contributed by atoms with van der Waals surface area (Å²) in [7, 11) is 0. The highest BCUT2D eigenvalue weighted by Gasteiger charge is 2.13. The molecule has 2 aromatic carbocycles. The largest absolute Gasteiger partial charge is 0.395 e. The second-order valence-electron chi connectivity index (χ2n) is 6.82. The Morgan fingerprint density at radius 2 is 1.86 bits per heavy atom. The first-order valence-electron chi connectivity index (χ1n) is 9.48. The van der Waals surface area contributed by atoms with Gasteiger partial charge in [0.15, 0.2) is 0 Å². The number of nitrogens with zero attached hydrogens (tertiary/aromatic N) is 6. The minimum absolute atomic E-state index is 0.0892. The molecule has 7 heteroatoms. The van der Waals surface area contributed by atoms with E-state index in [1.165, 1.54) is 0 Å².